The van der Waals surface area contributed by atoms with Crippen LogP contribution in [-0.2, 0) is 39.9 Å². The summed E-state index contributed by atoms with van der Waals surface area (Å²) in [5.74, 6) is -4.11. The molecule has 1 aromatic rings. The first-order valence-corrected chi connectivity index (χ1v) is 13.3. The smallest absolute Gasteiger partial charge is 0.329 e. The summed E-state index contributed by atoms with van der Waals surface area (Å²) < 4.78 is 11.2. The van der Waals surface area contributed by atoms with Crippen LogP contribution < -0.4 is 11.1 Å². The molecular weight excluding hydrogens is 506 g/mol. The molecule has 0 spiro atoms. The first-order valence-electron chi connectivity index (χ1n) is 13.3. The predicted octanol–water partition coefficient (Wildman–Crippen LogP) is 1.66. The molecule has 11 heteroatoms. The monoisotopic (exact) mass is 547 g/mol. The number of carbonyl (C=O) groups is 5. The van der Waals surface area contributed by atoms with Gasteiger partial charge in [0.1, 0.15) is 24.3 Å². The number of likely N-dealkylation sites (tertiary alicyclic amines) is 1. The average Bonchev–Trinajstić information content (AvgIpc) is 3.29. The van der Waals surface area contributed by atoms with Crippen molar-refractivity contribution < 1.29 is 38.6 Å². The van der Waals surface area contributed by atoms with Crippen LogP contribution in [0.3, 0.4) is 0 Å². The second kappa shape index (κ2) is 14.6. The van der Waals surface area contributed by atoms with E-state index in [9.17, 15) is 29.1 Å². The summed E-state index contributed by atoms with van der Waals surface area (Å²) in [4.78, 5) is 64.5. The number of carbonyl (C=O) groups excluding carboxylic acids is 4. The maximum atomic E-state index is 13.5. The summed E-state index contributed by atoms with van der Waals surface area (Å²) in [6, 6.07) is 5.95. The molecule has 216 valence electrons. The number of nitrogens with zero attached hydrogens (tertiary/aromatic N) is 1. The third-order valence-corrected chi connectivity index (χ3v) is 6.97. The number of amides is 2. The van der Waals surface area contributed by atoms with Gasteiger partial charge in [0.15, 0.2) is 0 Å². The minimum atomic E-state index is -1.36. The van der Waals surface area contributed by atoms with Crippen molar-refractivity contribution in [2.24, 2.45) is 17.6 Å². The fourth-order valence-electron chi connectivity index (χ4n) is 4.48. The van der Waals surface area contributed by atoms with E-state index < -0.39 is 60.6 Å². The van der Waals surface area contributed by atoms with E-state index in [4.69, 9.17) is 15.2 Å². The van der Waals surface area contributed by atoms with Gasteiger partial charge in [0.05, 0.1) is 12.5 Å². The third-order valence-electron chi connectivity index (χ3n) is 6.97. The number of benzene rings is 1. The first-order chi connectivity index (χ1) is 18.3. The zero-order valence-corrected chi connectivity index (χ0v) is 23.3. The SMILES string of the molecule is CC[C@H](C)C(=O)N[C@@H](Cc1ccccc1)C(=O)O[C@@H](CC(=O)O)[C@@H]1[C@H](OC(C)=O)CCN1C(=O)[C@@H](N)C(C)C. The summed E-state index contributed by atoms with van der Waals surface area (Å²) in [5, 5.41) is 12.4. The first kappa shape index (κ1) is 31.7. The molecule has 6 atom stereocenters. The molecule has 1 aromatic carbocycles. The number of carboxylic acid groups (broad SMARTS) is 1. The number of carboxylic acids is 1. The Hall–Kier alpha value is -3.47. The molecule has 0 unspecified atom stereocenters. The molecule has 1 fully saturated rings. The van der Waals surface area contributed by atoms with Crippen molar-refractivity contribution in [3.05, 3.63) is 35.9 Å². The van der Waals surface area contributed by atoms with Crippen LogP contribution in [-0.4, -0.2) is 76.6 Å². The van der Waals surface area contributed by atoms with E-state index in [-0.39, 0.29) is 37.1 Å². The Balaban J connectivity index is 2.42. The zero-order chi connectivity index (χ0) is 29.3. The van der Waals surface area contributed by atoms with Crippen molar-refractivity contribution in [2.45, 2.75) is 90.6 Å². The van der Waals surface area contributed by atoms with Gasteiger partial charge >= 0.3 is 17.9 Å². The lowest BCUT2D eigenvalue weighted by Crippen LogP contribution is -2.56. The summed E-state index contributed by atoms with van der Waals surface area (Å²) in [7, 11) is 0. The highest BCUT2D eigenvalue weighted by molar-refractivity contribution is 5.86. The topological polar surface area (TPSA) is 165 Å². The summed E-state index contributed by atoms with van der Waals surface area (Å²) >= 11 is 0. The molecule has 39 heavy (non-hydrogen) atoms. The molecule has 2 rings (SSSR count). The molecule has 0 aliphatic carbocycles. The van der Waals surface area contributed by atoms with E-state index >= 15 is 0 Å². The van der Waals surface area contributed by atoms with Gasteiger partial charge in [-0.25, -0.2) is 4.79 Å². The van der Waals surface area contributed by atoms with E-state index in [1.54, 1.807) is 45.0 Å². The van der Waals surface area contributed by atoms with Crippen molar-refractivity contribution in [1.29, 1.82) is 0 Å². The molecule has 1 saturated heterocycles. The molecule has 1 aliphatic rings. The van der Waals surface area contributed by atoms with E-state index in [1.165, 1.54) is 11.8 Å². The van der Waals surface area contributed by atoms with Gasteiger partial charge in [-0.05, 0) is 17.9 Å². The van der Waals surface area contributed by atoms with Crippen molar-refractivity contribution in [1.82, 2.24) is 10.2 Å². The standard InChI is InChI=1S/C28H41N3O8/c1-6-17(4)26(35)30-20(14-19-10-8-7-9-11-19)28(37)39-22(15-23(33)34)25-21(38-18(5)32)12-13-31(25)27(36)24(29)16(2)3/h7-11,16-17,20-22,24-25H,6,12-15,29H2,1-5H3,(H,30,35)(H,33,34)/t17-,20-,21+,22-,24-,25-/m0/s1. The van der Waals surface area contributed by atoms with Crippen LogP contribution >= 0.6 is 0 Å². The number of nitrogens with one attached hydrogen (secondary N) is 1. The zero-order valence-electron chi connectivity index (χ0n) is 23.3. The van der Waals surface area contributed by atoms with Crippen molar-refractivity contribution in [3.8, 4) is 0 Å². The minimum absolute atomic E-state index is 0.112. The Labute approximate surface area is 229 Å². The average molecular weight is 548 g/mol. The number of nitrogens with two attached hydrogens (primary N) is 1. The Bertz CT molecular complexity index is 1020. The number of esters is 2. The molecule has 4 N–H and O–H groups in total. The molecule has 0 radical (unpaired) electrons. The Morgan fingerprint density at radius 3 is 2.31 bits per heavy atom. The molecule has 1 aliphatic heterocycles. The van der Waals surface area contributed by atoms with Gasteiger partial charge in [-0.1, -0.05) is 58.0 Å². The molecule has 0 saturated carbocycles. The summed E-state index contributed by atoms with van der Waals surface area (Å²) in [6.07, 6.45) is -2.01. The minimum Gasteiger partial charge on any atom is -0.481 e. The van der Waals surface area contributed by atoms with Crippen LogP contribution in [0.1, 0.15) is 59.4 Å². The lowest BCUT2D eigenvalue weighted by atomic mass is 9.99. The number of hydrogen-bond donors (Lipinski definition) is 3. The van der Waals surface area contributed by atoms with E-state index in [0.717, 1.165) is 5.56 Å². The largest absolute Gasteiger partial charge is 0.481 e. The van der Waals surface area contributed by atoms with Gasteiger partial charge in [-0.2, -0.15) is 0 Å². The highest BCUT2D eigenvalue weighted by Crippen LogP contribution is 2.29. The van der Waals surface area contributed by atoms with Gasteiger partial charge in [0.25, 0.3) is 0 Å². The maximum absolute atomic E-state index is 13.5. The second-order valence-electron chi connectivity index (χ2n) is 10.4. The van der Waals surface area contributed by atoms with E-state index in [1.807, 2.05) is 13.0 Å². The number of aliphatic carboxylic acids is 1. The number of rotatable bonds is 13. The maximum Gasteiger partial charge on any atom is 0.329 e. The van der Waals surface area contributed by atoms with Gasteiger partial charge in [0.2, 0.25) is 11.8 Å². The lowest BCUT2D eigenvalue weighted by molar-refractivity contribution is -0.167. The second-order valence-corrected chi connectivity index (χ2v) is 10.4. The fraction of sp³-hybridized carbons (Fsp3) is 0.607. The van der Waals surface area contributed by atoms with Crippen LogP contribution in [0, 0.1) is 11.8 Å². The van der Waals surface area contributed by atoms with Crippen LogP contribution in [0.25, 0.3) is 0 Å². The summed E-state index contributed by atoms with van der Waals surface area (Å²) in [6.45, 7) is 8.49. The van der Waals surface area contributed by atoms with Gasteiger partial charge in [0, 0.05) is 32.2 Å². The highest BCUT2D eigenvalue weighted by Gasteiger charge is 2.48. The Morgan fingerprint density at radius 1 is 1.13 bits per heavy atom. The van der Waals surface area contributed by atoms with Crippen LogP contribution in [0.15, 0.2) is 30.3 Å². The summed E-state index contributed by atoms with van der Waals surface area (Å²) in [5.41, 5.74) is 6.87. The highest BCUT2D eigenvalue weighted by atomic mass is 16.6. The van der Waals surface area contributed by atoms with Gasteiger partial charge in [-0.3, -0.25) is 19.2 Å². The van der Waals surface area contributed by atoms with E-state index in [0.29, 0.717) is 6.42 Å². The third kappa shape index (κ3) is 9.05. The predicted molar refractivity (Wildman–Crippen MR) is 142 cm³/mol. The molecule has 0 bridgehead atoms. The Kier molecular flexibility index (Phi) is 11.9. The van der Waals surface area contributed by atoms with E-state index in [2.05, 4.69) is 5.32 Å². The molecule has 11 nitrogen and oxygen atoms in total. The Morgan fingerprint density at radius 2 is 1.77 bits per heavy atom. The number of ether oxygens (including phenoxy) is 2. The van der Waals surface area contributed by atoms with Crippen LogP contribution in [0.4, 0.5) is 0 Å². The molecule has 2 amide bonds. The van der Waals surface area contributed by atoms with Crippen LogP contribution in [0.2, 0.25) is 0 Å². The molecule has 0 aromatic heterocycles. The fourth-order valence-corrected chi connectivity index (χ4v) is 4.48. The van der Waals surface area contributed by atoms with Crippen molar-refractivity contribution >= 4 is 29.7 Å². The molecule has 1 heterocycles. The van der Waals surface area contributed by atoms with Gasteiger partial charge < -0.3 is 30.5 Å². The van der Waals surface area contributed by atoms with Crippen molar-refractivity contribution in [2.75, 3.05) is 6.54 Å². The normalized spacial score (nSPS) is 20.0. The van der Waals surface area contributed by atoms with Crippen LogP contribution in [0.5, 0.6) is 0 Å². The van der Waals surface area contributed by atoms with Crippen molar-refractivity contribution in [3.63, 3.8) is 0 Å². The number of hydrogen-bond acceptors (Lipinski definition) is 8. The lowest BCUT2D eigenvalue weighted by Gasteiger charge is -2.35. The quantitative estimate of drug-likeness (QED) is 0.311. The molecular formula is C28H41N3O8. The van der Waals surface area contributed by atoms with Gasteiger partial charge in [-0.15, -0.1) is 0 Å².